The summed E-state index contributed by atoms with van der Waals surface area (Å²) in [5.74, 6) is 0.167. The zero-order valence-electron chi connectivity index (χ0n) is 9.44. The molecular weight excluding hydrogens is 239 g/mol. The first-order valence-electron chi connectivity index (χ1n) is 5.21. The van der Waals surface area contributed by atoms with Crippen LogP contribution >= 0.6 is 11.3 Å². The maximum absolute atomic E-state index is 13.2. The van der Waals surface area contributed by atoms with Crippen LogP contribution in [0.25, 0.3) is 0 Å². The first-order chi connectivity index (χ1) is 8.17. The number of hydrogen-bond acceptors (Lipinski definition) is 4. The van der Waals surface area contributed by atoms with Gasteiger partial charge in [0, 0.05) is 18.8 Å². The molecule has 5 heteroatoms. The highest BCUT2D eigenvalue weighted by Crippen LogP contribution is 2.19. The number of nitrogens with zero attached hydrogens (tertiary/aromatic N) is 1. The molecule has 0 aliphatic rings. The van der Waals surface area contributed by atoms with Crippen molar-refractivity contribution >= 4 is 11.3 Å². The van der Waals surface area contributed by atoms with Crippen LogP contribution < -0.4 is 10.5 Å². The number of halogens is 1. The molecule has 2 aromatic rings. The molecule has 0 unspecified atom stereocenters. The van der Waals surface area contributed by atoms with Crippen LogP contribution in [0.3, 0.4) is 0 Å². The first kappa shape index (κ1) is 12.0. The quantitative estimate of drug-likeness (QED) is 0.910. The third-order valence-electron chi connectivity index (χ3n) is 2.22. The van der Waals surface area contributed by atoms with E-state index < -0.39 is 0 Å². The lowest BCUT2D eigenvalue weighted by Gasteiger charge is -2.06. The number of thiazole rings is 1. The third-order valence-corrected chi connectivity index (χ3v) is 3.10. The molecule has 1 aromatic carbocycles. The van der Waals surface area contributed by atoms with E-state index in [1.54, 1.807) is 23.6 Å². The lowest BCUT2D eigenvalue weighted by Crippen LogP contribution is -1.99. The largest absolute Gasteiger partial charge is 0.488 e. The summed E-state index contributed by atoms with van der Waals surface area (Å²) in [6.07, 6.45) is 1.77. The number of aryl methyl sites for hydroxylation is 1. The van der Waals surface area contributed by atoms with Gasteiger partial charge in [-0.05, 0) is 24.6 Å². The van der Waals surface area contributed by atoms with Crippen LogP contribution in [0.1, 0.15) is 15.4 Å². The lowest BCUT2D eigenvalue weighted by atomic mass is 10.2. The topological polar surface area (TPSA) is 48.1 Å². The Bertz CT molecular complexity index is 513. The van der Waals surface area contributed by atoms with Gasteiger partial charge in [-0.3, -0.25) is 0 Å². The van der Waals surface area contributed by atoms with Gasteiger partial charge in [-0.2, -0.15) is 0 Å². The molecule has 0 saturated carbocycles. The maximum atomic E-state index is 13.2. The van der Waals surface area contributed by atoms with Crippen molar-refractivity contribution < 1.29 is 9.13 Å². The lowest BCUT2D eigenvalue weighted by molar-refractivity contribution is 0.307. The number of hydrogen-bond donors (Lipinski definition) is 1. The highest BCUT2D eigenvalue weighted by molar-refractivity contribution is 7.11. The molecule has 1 aromatic heterocycles. The Morgan fingerprint density at radius 2 is 2.24 bits per heavy atom. The van der Waals surface area contributed by atoms with E-state index in [-0.39, 0.29) is 5.82 Å². The van der Waals surface area contributed by atoms with Gasteiger partial charge < -0.3 is 10.5 Å². The maximum Gasteiger partial charge on any atom is 0.127 e. The van der Waals surface area contributed by atoms with Crippen molar-refractivity contribution in [3.8, 4) is 5.75 Å². The van der Waals surface area contributed by atoms with Crippen LogP contribution in [0.2, 0.25) is 0 Å². The van der Waals surface area contributed by atoms with Gasteiger partial charge in [-0.1, -0.05) is 0 Å². The molecule has 2 rings (SSSR count). The van der Waals surface area contributed by atoms with Crippen molar-refractivity contribution in [3.05, 3.63) is 45.7 Å². The summed E-state index contributed by atoms with van der Waals surface area (Å²) in [5.41, 5.74) is 6.19. The summed E-state index contributed by atoms with van der Waals surface area (Å²) >= 11 is 1.57. The van der Waals surface area contributed by atoms with Crippen LogP contribution in [0.4, 0.5) is 4.39 Å². The van der Waals surface area contributed by atoms with Crippen molar-refractivity contribution in [2.24, 2.45) is 5.73 Å². The summed E-state index contributed by atoms with van der Waals surface area (Å²) in [4.78, 5) is 5.14. The fraction of sp³-hybridized carbons (Fsp3) is 0.250. The van der Waals surface area contributed by atoms with Crippen LogP contribution in [0.15, 0.2) is 24.4 Å². The highest BCUT2D eigenvalue weighted by Gasteiger charge is 2.03. The summed E-state index contributed by atoms with van der Waals surface area (Å²) in [7, 11) is 0. The van der Waals surface area contributed by atoms with E-state index in [9.17, 15) is 4.39 Å². The second kappa shape index (κ2) is 5.25. The molecule has 0 amide bonds. The van der Waals surface area contributed by atoms with E-state index in [1.807, 2.05) is 6.92 Å². The Hall–Kier alpha value is -1.46. The average molecular weight is 252 g/mol. The zero-order chi connectivity index (χ0) is 12.3. The highest BCUT2D eigenvalue weighted by atomic mass is 32.1. The zero-order valence-corrected chi connectivity index (χ0v) is 10.3. The minimum absolute atomic E-state index is 0.299. The van der Waals surface area contributed by atoms with E-state index in [1.165, 1.54) is 12.1 Å². The summed E-state index contributed by atoms with van der Waals surface area (Å²) < 4.78 is 18.7. The van der Waals surface area contributed by atoms with Gasteiger partial charge in [0.1, 0.15) is 18.2 Å². The van der Waals surface area contributed by atoms with Gasteiger partial charge in [-0.15, -0.1) is 11.3 Å². The third kappa shape index (κ3) is 3.25. The molecule has 2 N–H and O–H groups in total. The molecule has 0 atom stereocenters. The predicted octanol–water partition coefficient (Wildman–Crippen LogP) is 2.63. The minimum atomic E-state index is -0.330. The Labute approximate surface area is 103 Å². The Kier molecular flexibility index (Phi) is 3.71. The van der Waals surface area contributed by atoms with E-state index in [4.69, 9.17) is 10.5 Å². The molecule has 17 heavy (non-hydrogen) atoms. The molecule has 0 aliphatic carbocycles. The Balaban J connectivity index is 2.05. The van der Waals surface area contributed by atoms with Gasteiger partial charge in [0.15, 0.2) is 0 Å². The van der Waals surface area contributed by atoms with Crippen LogP contribution in [0, 0.1) is 12.7 Å². The second-order valence-electron chi connectivity index (χ2n) is 3.63. The summed E-state index contributed by atoms with van der Waals surface area (Å²) in [5, 5.41) is 0.991. The van der Waals surface area contributed by atoms with Gasteiger partial charge in [0.25, 0.3) is 0 Å². The van der Waals surface area contributed by atoms with E-state index in [0.29, 0.717) is 18.9 Å². The van der Waals surface area contributed by atoms with Crippen molar-refractivity contribution in [2.45, 2.75) is 20.1 Å². The number of aromatic nitrogens is 1. The van der Waals surface area contributed by atoms with Crippen molar-refractivity contribution in [1.29, 1.82) is 0 Å². The molecule has 3 nitrogen and oxygen atoms in total. The number of ether oxygens (including phenoxy) is 1. The molecule has 1 heterocycles. The van der Waals surface area contributed by atoms with Crippen LogP contribution in [-0.2, 0) is 13.2 Å². The van der Waals surface area contributed by atoms with Crippen molar-refractivity contribution in [1.82, 2.24) is 4.98 Å². The summed E-state index contributed by atoms with van der Waals surface area (Å²) in [6.45, 7) is 2.63. The SMILES string of the molecule is Cc1ncc(COc2cc(F)cc(CN)c2)s1. The molecular formula is C12H13FN2OS. The van der Waals surface area contributed by atoms with E-state index >= 15 is 0 Å². The monoisotopic (exact) mass is 252 g/mol. The Morgan fingerprint density at radius 1 is 1.41 bits per heavy atom. The molecule has 0 spiro atoms. The van der Waals surface area contributed by atoms with Crippen LogP contribution in [-0.4, -0.2) is 4.98 Å². The Morgan fingerprint density at radius 3 is 2.88 bits per heavy atom. The summed E-state index contributed by atoms with van der Waals surface area (Å²) in [6, 6.07) is 4.51. The van der Waals surface area contributed by atoms with Gasteiger partial charge in [0.05, 0.1) is 9.88 Å². The van der Waals surface area contributed by atoms with Crippen molar-refractivity contribution in [2.75, 3.05) is 0 Å². The predicted molar refractivity (Wildman–Crippen MR) is 65.5 cm³/mol. The van der Waals surface area contributed by atoms with Crippen molar-refractivity contribution in [3.63, 3.8) is 0 Å². The van der Waals surface area contributed by atoms with Gasteiger partial charge in [0.2, 0.25) is 0 Å². The smallest absolute Gasteiger partial charge is 0.127 e. The molecule has 0 bridgehead atoms. The molecule has 0 aliphatic heterocycles. The number of nitrogens with two attached hydrogens (primary N) is 1. The normalized spacial score (nSPS) is 10.5. The number of rotatable bonds is 4. The van der Waals surface area contributed by atoms with E-state index in [2.05, 4.69) is 4.98 Å². The molecule has 0 radical (unpaired) electrons. The van der Waals surface area contributed by atoms with Crippen LogP contribution in [0.5, 0.6) is 5.75 Å². The molecule has 90 valence electrons. The molecule has 0 saturated heterocycles. The van der Waals surface area contributed by atoms with Gasteiger partial charge >= 0.3 is 0 Å². The van der Waals surface area contributed by atoms with E-state index in [0.717, 1.165) is 15.4 Å². The second-order valence-corrected chi connectivity index (χ2v) is 4.95. The first-order valence-corrected chi connectivity index (χ1v) is 6.02. The number of benzene rings is 1. The molecule has 0 fully saturated rings. The minimum Gasteiger partial charge on any atom is -0.488 e. The standard InChI is InChI=1S/C12H13FN2OS/c1-8-15-6-12(17-8)7-16-11-3-9(5-14)2-10(13)4-11/h2-4,6H,5,7,14H2,1H3. The average Bonchev–Trinajstić information content (AvgIpc) is 2.72. The fourth-order valence-electron chi connectivity index (χ4n) is 1.45. The fourth-order valence-corrected chi connectivity index (χ4v) is 2.16. The van der Waals surface area contributed by atoms with Gasteiger partial charge in [-0.25, -0.2) is 9.37 Å².